The fraction of sp³-hybridized carbons (Fsp3) is 0.333. The summed E-state index contributed by atoms with van der Waals surface area (Å²) in [6, 6.07) is 11.5. The van der Waals surface area contributed by atoms with E-state index in [1.807, 2.05) is 24.3 Å². The molecule has 0 bridgehead atoms. The van der Waals surface area contributed by atoms with Crippen LogP contribution in [0.25, 0.3) is 10.2 Å². The van der Waals surface area contributed by atoms with Gasteiger partial charge in [0.05, 0.1) is 19.4 Å². The van der Waals surface area contributed by atoms with E-state index in [9.17, 15) is 4.79 Å². The van der Waals surface area contributed by atoms with Gasteiger partial charge in [-0.15, -0.1) is 23.7 Å². The molecule has 0 aliphatic heterocycles. The molecule has 0 aliphatic rings. The number of benzene rings is 1. The van der Waals surface area contributed by atoms with Crippen molar-refractivity contribution in [2.75, 3.05) is 31.1 Å². The van der Waals surface area contributed by atoms with Crippen LogP contribution in [-0.2, 0) is 0 Å². The highest BCUT2D eigenvalue weighted by Gasteiger charge is 2.23. The van der Waals surface area contributed by atoms with E-state index in [2.05, 4.69) is 23.7 Å². The standard InChI is InChI=1S/C18H20ClN3OS2.ClH/c1-3-21(4-2)11-12-22(17(23)15-9-10-16(19)24-15)18-20-13-7-5-6-8-14(13)25-18;/h5-10H,3-4,11-12H2,1-2H3;1H. The number of aromatic nitrogens is 1. The Labute approximate surface area is 172 Å². The summed E-state index contributed by atoms with van der Waals surface area (Å²) in [6.07, 6.45) is 0. The number of nitrogens with zero attached hydrogens (tertiary/aromatic N) is 3. The lowest BCUT2D eigenvalue weighted by atomic mass is 10.3. The number of anilines is 1. The van der Waals surface area contributed by atoms with Crippen molar-refractivity contribution < 1.29 is 4.79 Å². The molecule has 0 fully saturated rings. The number of hydrogen-bond acceptors (Lipinski definition) is 5. The van der Waals surface area contributed by atoms with Crippen LogP contribution in [0.1, 0.15) is 23.5 Å². The van der Waals surface area contributed by atoms with Crippen molar-refractivity contribution in [3.63, 3.8) is 0 Å². The highest BCUT2D eigenvalue weighted by molar-refractivity contribution is 7.22. The van der Waals surface area contributed by atoms with Gasteiger partial charge < -0.3 is 4.90 Å². The summed E-state index contributed by atoms with van der Waals surface area (Å²) in [6.45, 7) is 7.61. The number of thiophene rings is 1. The van der Waals surface area contributed by atoms with Crippen molar-refractivity contribution in [3.05, 3.63) is 45.6 Å². The van der Waals surface area contributed by atoms with Crippen molar-refractivity contribution in [3.8, 4) is 0 Å². The Balaban J connectivity index is 0.00000243. The molecule has 0 radical (unpaired) electrons. The minimum Gasteiger partial charge on any atom is -0.302 e. The van der Waals surface area contributed by atoms with E-state index in [-0.39, 0.29) is 18.3 Å². The molecule has 3 rings (SSSR count). The minimum absolute atomic E-state index is 0. The van der Waals surface area contributed by atoms with E-state index in [0.717, 1.165) is 35.0 Å². The maximum Gasteiger partial charge on any atom is 0.270 e. The van der Waals surface area contributed by atoms with Gasteiger partial charge in [0.25, 0.3) is 5.91 Å². The van der Waals surface area contributed by atoms with Crippen LogP contribution < -0.4 is 4.90 Å². The van der Waals surface area contributed by atoms with E-state index in [4.69, 9.17) is 11.6 Å². The molecule has 26 heavy (non-hydrogen) atoms. The van der Waals surface area contributed by atoms with Crippen LogP contribution in [0.4, 0.5) is 5.13 Å². The number of carbonyl (C=O) groups excluding carboxylic acids is 1. The van der Waals surface area contributed by atoms with Crippen molar-refractivity contribution >= 4 is 67.9 Å². The topological polar surface area (TPSA) is 36.4 Å². The molecular formula is C18H21Cl2N3OS2. The van der Waals surface area contributed by atoms with Gasteiger partial charge in [-0.05, 0) is 37.4 Å². The fourth-order valence-electron chi connectivity index (χ4n) is 2.60. The predicted molar refractivity (Wildman–Crippen MR) is 116 cm³/mol. The number of halogens is 2. The predicted octanol–water partition coefficient (Wildman–Crippen LogP) is 5.42. The summed E-state index contributed by atoms with van der Waals surface area (Å²) in [5, 5.41) is 0.739. The zero-order valence-electron chi connectivity index (χ0n) is 14.6. The Morgan fingerprint density at radius 3 is 2.42 bits per heavy atom. The van der Waals surface area contributed by atoms with Crippen molar-refractivity contribution in [2.45, 2.75) is 13.8 Å². The van der Waals surface area contributed by atoms with Crippen LogP contribution in [0.2, 0.25) is 4.34 Å². The first-order valence-electron chi connectivity index (χ1n) is 8.27. The van der Waals surface area contributed by atoms with Gasteiger partial charge in [0, 0.05) is 13.1 Å². The second-order valence-electron chi connectivity index (χ2n) is 5.55. The molecule has 0 saturated carbocycles. The van der Waals surface area contributed by atoms with E-state index in [1.54, 1.807) is 28.4 Å². The summed E-state index contributed by atoms with van der Waals surface area (Å²) in [7, 11) is 0. The Morgan fingerprint density at radius 2 is 1.81 bits per heavy atom. The van der Waals surface area contributed by atoms with Crippen LogP contribution in [-0.4, -0.2) is 42.0 Å². The normalized spacial score (nSPS) is 10.9. The van der Waals surface area contributed by atoms with Crippen LogP contribution in [0.15, 0.2) is 36.4 Å². The van der Waals surface area contributed by atoms with Crippen molar-refractivity contribution in [1.82, 2.24) is 9.88 Å². The molecule has 140 valence electrons. The first-order chi connectivity index (χ1) is 12.1. The Morgan fingerprint density at radius 1 is 1.08 bits per heavy atom. The third-order valence-corrected chi connectivity index (χ3v) is 6.36. The van der Waals surface area contributed by atoms with Gasteiger partial charge >= 0.3 is 0 Å². The molecule has 0 unspecified atom stereocenters. The van der Waals surface area contributed by atoms with Crippen molar-refractivity contribution in [2.24, 2.45) is 0 Å². The van der Waals surface area contributed by atoms with Crippen LogP contribution in [0, 0.1) is 0 Å². The third-order valence-electron chi connectivity index (χ3n) is 4.08. The quantitative estimate of drug-likeness (QED) is 0.502. The number of amides is 1. The monoisotopic (exact) mass is 429 g/mol. The molecule has 0 saturated heterocycles. The number of para-hydroxylation sites is 1. The number of likely N-dealkylation sites (N-methyl/N-ethyl adjacent to an activating group) is 1. The summed E-state index contributed by atoms with van der Waals surface area (Å²) < 4.78 is 1.71. The molecule has 0 N–H and O–H groups in total. The first-order valence-corrected chi connectivity index (χ1v) is 10.3. The second kappa shape index (κ2) is 9.67. The molecule has 8 heteroatoms. The molecule has 2 aromatic heterocycles. The van der Waals surface area contributed by atoms with Gasteiger partial charge in [-0.1, -0.05) is 48.9 Å². The number of rotatable bonds is 7. The molecule has 1 amide bonds. The van der Waals surface area contributed by atoms with Gasteiger partial charge in [-0.2, -0.15) is 0 Å². The summed E-state index contributed by atoms with van der Waals surface area (Å²) in [5.41, 5.74) is 0.923. The Hall–Kier alpha value is -1.18. The summed E-state index contributed by atoms with van der Waals surface area (Å²) in [5.74, 6) is -0.0388. The first kappa shape index (κ1) is 21.1. The Bertz CT molecular complexity index is 828. The van der Waals surface area contributed by atoms with Gasteiger partial charge in [0.2, 0.25) is 0 Å². The lowest BCUT2D eigenvalue weighted by Crippen LogP contribution is -2.38. The molecule has 0 aliphatic carbocycles. The highest BCUT2D eigenvalue weighted by atomic mass is 35.5. The van der Waals surface area contributed by atoms with E-state index in [1.165, 1.54) is 11.3 Å². The molecule has 0 atom stereocenters. The van der Waals surface area contributed by atoms with E-state index in [0.29, 0.717) is 15.8 Å². The van der Waals surface area contributed by atoms with Gasteiger partial charge in [-0.3, -0.25) is 9.69 Å². The summed E-state index contributed by atoms with van der Waals surface area (Å²) in [4.78, 5) is 22.4. The van der Waals surface area contributed by atoms with Crippen LogP contribution >= 0.6 is 46.7 Å². The average Bonchev–Trinajstić information content (AvgIpc) is 3.24. The maximum absolute atomic E-state index is 13.1. The van der Waals surface area contributed by atoms with Crippen LogP contribution in [0.5, 0.6) is 0 Å². The zero-order chi connectivity index (χ0) is 17.8. The molecule has 0 spiro atoms. The lowest BCUT2D eigenvalue weighted by Gasteiger charge is -2.24. The number of carbonyl (C=O) groups is 1. The second-order valence-corrected chi connectivity index (χ2v) is 8.28. The molecule has 4 nitrogen and oxygen atoms in total. The Kier molecular flexibility index (Phi) is 7.85. The molecule has 3 aromatic rings. The number of thiazole rings is 1. The van der Waals surface area contributed by atoms with Crippen LogP contribution in [0.3, 0.4) is 0 Å². The molecular weight excluding hydrogens is 409 g/mol. The summed E-state index contributed by atoms with van der Waals surface area (Å²) >= 11 is 8.88. The van der Waals surface area contributed by atoms with Crippen molar-refractivity contribution in [1.29, 1.82) is 0 Å². The maximum atomic E-state index is 13.1. The van der Waals surface area contributed by atoms with Gasteiger partial charge in [0.15, 0.2) is 5.13 Å². The van der Waals surface area contributed by atoms with E-state index < -0.39 is 0 Å². The molecule has 2 heterocycles. The number of fused-ring (bicyclic) bond motifs is 1. The SMILES string of the molecule is CCN(CC)CCN(C(=O)c1ccc(Cl)s1)c1nc2ccccc2s1.Cl. The largest absolute Gasteiger partial charge is 0.302 e. The number of hydrogen-bond donors (Lipinski definition) is 0. The lowest BCUT2D eigenvalue weighted by molar-refractivity contribution is 0.0987. The molecule has 1 aromatic carbocycles. The minimum atomic E-state index is -0.0388. The fourth-order valence-corrected chi connectivity index (χ4v) is 4.59. The average molecular weight is 430 g/mol. The zero-order valence-corrected chi connectivity index (χ0v) is 17.9. The van der Waals surface area contributed by atoms with Gasteiger partial charge in [0.1, 0.15) is 0 Å². The van der Waals surface area contributed by atoms with E-state index >= 15 is 0 Å². The third kappa shape index (κ3) is 4.75. The van der Waals surface area contributed by atoms with Gasteiger partial charge in [-0.25, -0.2) is 4.98 Å². The highest BCUT2D eigenvalue weighted by Crippen LogP contribution is 2.31. The smallest absolute Gasteiger partial charge is 0.270 e.